The van der Waals surface area contributed by atoms with E-state index in [0.29, 0.717) is 74.3 Å². The maximum Gasteiger partial charge on any atom is 0.409 e. The predicted octanol–water partition coefficient (Wildman–Crippen LogP) is 2.05. The van der Waals surface area contributed by atoms with E-state index in [-0.39, 0.29) is 81.3 Å². The molecule has 9 amide bonds. The third-order valence-corrected chi connectivity index (χ3v) is 15.3. The number of halogens is 1. The highest BCUT2D eigenvalue weighted by Crippen LogP contribution is 2.41. The molecule has 0 spiro atoms. The highest BCUT2D eigenvalue weighted by Gasteiger charge is 2.45. The highest BCUT2D eigenvalue weighted by atomic mass is 19.1. The fourth-order valence-corrected chi connectivity index (χ4v) is 10.5. The van der Waals surface area contributed by atoms with Crippen molar-refractivity contribution >= 4 is 75.9 Å². The molecule has 25 heteroatoms. The SMILES string of the molecule is C#CCCNC(=O)CCc1cc(NC(=O)CNC(=O)[C@H](Cc2ccccc2)NC(=O)CNC(=O)CNC(=O)CN2C(=O)C=CC2=O)ccc1COC(=O)N(C)CCCc1c(C)c(F)cc2nc3c(c(C)c12)Cn1c-3cc2c(c1=O)COC(=O)[C@]2(O)CC. The Labute approximate surface area is 498 Å². The molecule has 0 radical (unpaired) electrons. The van der Waals surface area contributed by atoms with E-state index in [0.717, 1.165) is 23.3 Å². The molecule has 0 unspecified atom stereocenters. The molecule has 0 saturated carbocycles. The fourth-order valence-electron chi connectivity index (χ4n) is 10.5. The number of carbonyl (C=O) groups is 10. The molecule has 2 atom stereocenters. The Balaban J connectivity index is 0.871. The minimum Gasteiger partial charge on any atom is -0.458 e. The van der Waals surface area contributed by atoms with Gasteiger partial charge in [-0.05, 0) is 91.1 Å². The van der Waals surface area contributed by atoms with Crippen LogP contribution in [0.2, 0.25) is 0 Å². The van der Waals surface area contributed by atoms with Gasteiger partial charge in [0.05, 0.1) is 48.6 Å². The van der Waals surface area contributed by atoms with Crippen LogP contribution in [0.25, 0.3) is 22.3 Å². The van der Waals surface area contributed by atoms with Crippen LogP contribution in [-0.2, 0) is 97.2 Å². The Morgan fingerprint density at radius 3 is 2.29 bits per heavy atom. The van der Waals surface area contributed by atoms with Gasteiger partial charge >= 0.3 is 12.1 Å². The maximum absolute atomic E-state index is 15.8. The first-order valence-electron chi connectivity index (χ1n) is 28.1. The molecule has 0 aliphatic carbocycles. The summed E-state index contributed by atoms with van der Waals surface area (Å²) < 4.78 is 28.3. The number of imide groups is 1. The highest BCUT2D eigenvalue weighted by molar-refractivity contribution is 6.14. The maximum atomic E-state index is 15.8. The number of carbonyl (C=O) groups excluding carboxylic acids is 10. The van der Waals surface area contributed by atoms with E-state index in [1.54, 1.807) is 75.5 Å². The van der Waals surface area contributed by atoms with Crippen LogP contribution in [0.1, 0.15) is 82.7 Å². The molecule has 7 N–H and O–H groups in total. The lowest BCUT2D eigenvalue weighted by Crippen LogP contribution is -2.52. The van der Waals surface area contributed by atoms with Gasteiger partial charge in [-0.15, -0.1) is 12.3 Å². The number of hydrogen-bond acceptors (Lipinski definition) is 15. The number of pyridine rings is 2. The predicted molar refractivity (Wildman–Crippen MR) is 312 cm³/mol. The number of amides is 9. The first-order chi connectivity index (χ1) is 41.6. The van der Waals surface area contributed by atoms with Gasteiger partial charge in [-0.25, -0.2) is 19.0 Å². The van der Waals surface area contributed by atoms with Crippen LogP contribution in [0.5, 0.6) is 0 Å². The van der Waals surface area contributed by atoms with E-state index in [1.807, 2.05) is 6.92 Å². The van der Waals surface area contributed by atoms with Crippen molar-refractivity contribution in [1.29, 1.82) is 0 Å². The van der Waals surface area contributed by atoms with E-state index >= 15 is 4.39 Å². The third kappa shape index (κ3) is 14.7. The second-order valence-corrected chi connectivity index (χ2v) is 21.1. The number of cyclic esters (lactones) is 1. The summed E-state index contributed by atoms with van der Waals surface area (Å²) in [4.78, 5) is 148. The Morgan fingerprint density at radius 2 is 1.56 bits per heavy atom. The number of terminal acetylenes is 1. The molecule has 8 rings (SSSR count). The van der Waals surface area contributed by atoms with Crippen molar-refractivity contribution in [1.82, 2.24) is 45.9 Å². The molecule has 3 aliphatic heterocycles. The second kappa shape index (κ2) is 27.7. The molecular formula is C62H65FN10O14. The van der Waals surface area contributed by atoms with Gasteiger partial charge in [0.25, 0.3) is 17.4 Å². The molecule has 2 aromatic heterocycles. The van der Waals surface area contributed by atoms with Gasteiger partial charge in [0.1, 0.15) is 31.6 Å². The van der Waals surface area contributed by atoms with Crippen LogP contribution >= 0.6 is 0 Å². The van der Waals surface area contributed by atoms with Crippen LogP contribution < -0.4 is 37.5 Å². The van der Waals surface area contributed by atoms with E-state index < -0.39 is 103 Å². The summed E-state index contributed by atoms with van der Waals surface area (Å²) >= 11 is 0. The largest absolute Gasteiger partial charge is 0.458 e. The Kier molecular flexibility index (Phi) is 20.1. The van der Waals surface area contributed by atoms with Crippen molar-refractivity contribution in [3.05, 3.63) is 139 Å². The monoisotopic (exact) mass is 1190 g/mol. The smallest absolute Gasteiger partial charge is 0.409 e. The van der Waals surface area contributed by atoms with Crippen LogP contribution in [-0.4, -0.2) is 136 Å². The molecule has 0 fully saturated rings. The zero-order valence-electron chi connectivity index (χ0n) is 48.3. The number of fused-ring (bicyclic) bond motifs is 5. The molecule has 454 valence electrons. The Bertz CT molecular complexity index is 3750. The van der Waals surface area contributed by atoms with E-state index in [9.17, 15) is 57.8 Å². The minimum absolute atomic E-state index is 0.000968. The Hall–Kier alpha value is -10.1. The molecule has 3 aliphatic rings. The third-order valence-electron chi connectivity index (χ3n) is 15.3. The van der Waals surface area contributed by atoms with E-state index in [1.165, 1.54) is 15.5 Å². The van der Waals surface area contributed by atoms with E-state index in [2.05, 4.69) is 37.8 Å². The molecule has 0 saturated heterocycles. The van der Waals surface area contributed by atoms with Gasteiger partial charge in [0.15, 0.2) is 5.60 Å². The number of aliphatic hydroxyl groups is 1. The van der Waals surface area contributed by atoms with E-state index in [4.69, 9.17) is 20.9 Å². The molecule has 0 bridgehead atoms. The zero-order chi connectivity index (χ0) is 62.7. The zero-order valence-corrected chi connectivity index (χ0v) is 48.3. The average molecular weight is 1190 g/mol. The van der Waals surface area contributed by atoms with Crippen molar-refractivity contribution in [3.63, 3.8) is 0 Å². The first-order valence-corrected chi connectivity index (χ1v) is 28.1. The number of anilines is 1. The lowest BCUT2D eigenvalue weighted by atomic mass is 9.86. The summed E-state index contributed by atoms with van der Waals surface area (Å²) in [5.41, 5.74) is 3.75. The summed E-state index contributed by atoms with van der Waals surface area (Å²) in [5.74, 6) is -4.26. The molecule has 87 heavy (non-hydrogen) atoms. The quantitative estimate of drug-likeness (QED) is 0.0187. The summed E-state index contributed by atoms with van der Waals surface area (Å²) in [6.45, 7) is 2.96. The summed E-state index contributed by atoms with van der Waals surface area (Å²) in [5, 5.41) is 27.2. The molecule has 5 aromatic rings. The number of esters is 1. The first kappa shape index (κ1) is 62.9. The fraction of sp³-hybridized carbons (Fsp3) is 0.355. The number of nitrogens with one attached hydrogen (secondary N) is 6. The Morgan fingerprint density at radius 1 is 0.851 bits per heavy atom. The number of benzene rings is 3. The lowest BCUT2D eigenvalue weighted by molar-refractivity contribution is -0.172. The van der Waals surface area contributed by atoms with Gasteiger partial charge < -0.3 is 55.9 Å². The van der Waals surface area contributed by atoms with Crippen molar-refractivity contribution in [2.24, 2.45) is 0 Å². The number of hydrogen-bond donors (Lipinski definition) is 7. The molecule has 5 heterocycles. The van der Waals surface area contributed by atoms with Gasteiger partial charge in [0, 0.05) is 79.8 Å². The standard InChI is InChI=1S/C62H65FN10O14/c1-6-8-22-64-49(74)19-17-38-25-40(68-51(76)30-67-58(81)47(24-37-13-10-9-11-14-37)69-52(77)29-65-50(75)28-66-53(78)32-73-54(79)20-21-55(73)80)18-16-39(38)33-87-61(84)71(5)23-12-15-41-35(3)45(63)27-46-56(41)36(4)42-31-72-48(57(42)70-46)26-44-43(59(72)82)34-86-60(83)62(44,85)7-2/h1,9-11,13-14,16,18,20-21,25-27,47,85H,7-8,12,15,17,19,22-24,28-34H2,2-5H3,(H,64,74)(H,65,75)(H,66,78)(H,67,81)(H,68,76)(H,69,77)/t47-,62-/m0/s1. The summed E-state index contributed by atoms with van der Waals surface area (Å²) in [6.07, 6.45) is 7.88. The number of nitrogens with zero attached hydrogens (tertiary/aromatic N) is 4. The molecule has 3 aromatic carbocycles. The average Bonchev–Trinajstić information content (AvgIpc) is 1.73. The van der Waals surface area contributed by atoms with Crippen LogP contribution in [0.15, 0.2) is 77.6 Å². The van der Waals surface area contributed by atoms with Crippen molar-refractivity contribution in [2.45, 2.75) is 97.1 Å². The van der Waals surface area contributed by atoms with Crippen LogP contribution in [0.4, 0.5) is 14.9 Å². The van der Waals surface area contributed by atoms with Crippen molar-refractivity contribution < 1.29 is 66.9 Å². The van der Waals surface area contributed by atoms with Crippen molar-refractivity contribution in [2.75, 3.05) is 51.6 Å². The van der Waals surface area contributed by atoms with Gasteiger partial charge in [-0.1, -0.05) is 43.3 Å². The number of aryl methyl sites for hydroxylation is 3. The summed E-state index contributed by atoms with van der Waals surface area (Å²) in [7, 11) is 1.56. The second-order valence-electron chi connectivity index (χ2n) is 21.1. The molecule has 24 nitrogen and oxygen atoms in total. The van der Waals surface area contributed by atoms with Gasteiger partial charge in [-0.3, -0.25) is 48.1 Å². The normalized spacial score (nSPS) is 14.9. The van der Waals surface area contributed by atoms with Crippen molar-refractivity contribution in [3.8, 4) is 23.7 Å². The topological polar surface area (TPSA) is 323 Å². The lowest BCUT2D eigenvalue weighted by Gasteiger charge is -2.31. The van der Waals surface area contributed by atoms with Crippen LogP contribution in [0.3, 0.4) is 0 Å². The number of rotatable bonds is 25. The number of aromatic nitrogens is 2. The minimum atomic E-state index is -2.01. The summed E-state index contributed by atoms with van der Waals surface area (Å²) in [6, 6.07) is 15.2. The molecular weight excluding hydrogens is 1130 g/mol. The van der Waals surface area contributed by atoms with Gasteiger partial charge in [0.2, 0.25) is 35.4 Å². The van der Waals surface area contributed by atoms with Gasteiger partial charge in [-0.2, -0.15) is 0 Å². The van der Waals surface area contributed by atoms with Crippen LogP contribution in [0, 0.1) is 32.0 Å². The number of ether oxygens (including phenoxy) is 2.